The Morgan fingerprint density at radius 3 is 1.03 bits per heavy atom. The predicted molar refractivity (Wildman–Crippen MR) is 319 cm³/mol. The summed E-state index contributed by atoms with van der Waals surface area (Å²) in [5, 5.41) is 9.59. The number of rotatable bonds is 8. The highest BCUT2D eigenvalue weighted by molar-refractivity contribution is 6.20. The van der Waals surface area contributed by atoms with E-state index in [1.807, 2.05) is 0 Å². The third-order valence-corrected chi connectivity index (χ3v) is 14.9. The molecule has 3 nitrogen and oxygen atoms in total. The Balaban J connectivity index is 0.926. The topological polar surface area (TPSA) is 13.1 Å². The lowest BCUT2D eigenvalue weighted by Gasteiger charge is -2.26. The van der Waals surface area contributed by atoms with Crippen LogP contribution in [0.3, 0.4) is 0 Å². The van der Waals surface area contributed by atoms with Crippen molar-refractivity contribution in [3.63, 3.8) is 0 Å². The van der Waals surface area contributed by atoms with Crippen LogP contribution >= 0.6 is 0 Å². The Morgan fingerprint density at radius 1 is 0.187 bits per heavy atom. The molecule has 75 heavy (non-hydrogen) atoms. The summed E-state index contributed by atoms with van der Waals surface area (Å²) in [6.45, 7) is 0. The van der Waals surface area contributed by atoms with Crippen LogP contribution in [0.25, 0.3) is 110 Å². The van der Waals surface area contributed by atoms with Crippen LogP contribution in [0.5, 0.6) is 0 Å². The molecule has 2 aromatic heterocycles. The summed E-state index contributed by atoms with van der Waals surface area (Å²) in [5.74, 6) is 0. The van der Waals surface area contributed by atoms with Crippen molar-refractivity contribution in [2.24, 2.45) is 0 Å². The number of para-hydroxylation sites is 3. The van der Waals surface area contributed by atoms with Crippen LogP contribution in [0.4, 0.5) is 17.1 Å². The first-order valence-corrected chi connectivity index (χ1v) is 25.7. The Kier molecular flexibility index (Phi) is 10.8. The maximum atomic E-state index is 2.48. The number of aromatic nitrogens is 2. The minimum atomic E-state index is 1.08. The molecule has 14 aromatic rings. The summed E-state index contributed by atoms with van der Waals surface area (Å²) in [6.07, 6.45) is 0. The van der Waals surface area contributed by atoms with Gasteiger partial charge in [-0.3, -0.25) is 0 Å². The molecule has 2 heterocycles. The lowest BCUT2D eigenvalue weighted by molar-refractivity contribution is 1.17. The number of benzene rings is 12. The minimum absolute atomic E-state index is 1.08. The third-order valence-electron chi connectivity index (χ3n) is 14.9. The first-order chi connectivity index (χ1) is 37.2. The summed E-state index contributed by atoms with van der Waals surface area (Å²) in [7, 11) is 0. The van der Waals surface area contributed by atoms with E-state index in [0.29, 0.717) is 0 Å². The van der Waals surface area contributed by atoms with Crippen molar-refractivity contribution in [2.75, 3.05) is 4.90 Å². The molecule has 0 aliphatic rings. The largest absolute Gasteiger partial charge is 0.310 e. The highest BCUT2D eigenvalue weighted by Gasteiger charge is 2.19. The minimum Gasteiger partial charge on any atom is -0.310 e. The molecule has 352 valence electrons. The summed E-state index contributed by atoms with van der Waals surface area (Å²) < 4.78 is 4.85. The number of fused-ring (bicyclic) bond motifs is 10. The van der Waals surface area contributed by atoms with E-state index in [9.17, 15) is 0 Å². The molecule has 0 aliphatic carbocycles. The van der Waals surface area contributed by atoms with Crippen molar-refractivity contribution in [1.29, 1.82) is 0 Å². The molecule has 0 bridgehead atoms. The van der Waals surface area contributed by atoms with Gasteiger partial charge >= 0.3 is 0 Å². The van der Waals surface area contributed by atoms with Gasteiger partial charge in [-0.25, -0.2) is 0 Å². The smallest absolute Gasteiger partial charge is 0.0542 e. The molecule has 0 saturated heterocycles. The van der Waals surface area contributed by atoms with E-state index in [1.165, 1.54) is 76.4 Å². The zero-order chi connectivity index (χ0) is 49.7. The molecule has 0 N–H and O–H groups in total. The lowest BCUT2D eigenvalue weighted by atomic mass is 9.98. The third kappa shape index (κ3) is 7.78. The first-order valence-electron chi connectivity index (χ1n) is 25.7. The van der Waals surface area contributed by atoms with Gasteiger partial charge in [0.1, 0.15) is 0 Å². The van der Waals surface area contributed by atoms with Gasteiger partial charge in [-0.2, -0.15) is 0 Å². The van der Waals surface area contributed by atoms with Gasteiger partial charge in [0, 0.05) is 50.0 Å². The van der Waals surface area contributed by atoms with Crippen LogP contribution in [0.1, 0.15) is 0 Å². The fourth-order valence-electron chi connectivity index (χ4n) is 11.4. The van der Waals surface area contributed by atoms with Crippen LogP contribution < -0.4 is 4.90 Å². The Bertz CT molecular complexity index is 4330. The van der Waals surface area contributed by atoms with Gasteiger partial charge < -0.3 is 14.0 Å². The van der Waals surface area contributed by atoms with E-state index in [-0.39, 0.29) is 0 Å². The van der Waals surface area contributed by atoms with Crippen LogP contribution in [0.2, 0.25) is 0 Å². The van der Waals surface area contributed by atoms with Crippen molar-refractivity contribution in [1.82, 2.24) is 9.13 Å². The maximum absolute atomic E-state index is 2.48. The molecule has 0 atom stereocenters. The van der Waals surface area contributed by atoms with Crippen molar-refractivity contribution >= 4 is 82.2 Å². The molecular weight excluding hydrogens is 907 g/mol. The Hall–Kier alpha value is -9.96. The van der Waals surface area contributed by atoms with Crippen LogP contribution in [0.15, 0.2) is 297 Å². The van der Waals surface area contributed by atoms with E-state index in [1.54, 1.807) is 0 Å². The molecule has 0 aliphatic heterocycles. The summed E-state index contributed by atoms with van der Waals surface area (Å²) >= 11 is 0. The molecule has 0 unspecified atom stereocenters. The van der Waals surface area contributed by atoms with E-state index < -0.39 is 0 Å². The number of hydrogen-bond acceptors (Lipinski definition) is 1. The monoisotopic (exact) mass is 955 g/mol. The van der Waals surface area contributed by atoms with Gasteiger partial charge in [-0.15, -0.1) is 0 Å². The normalized spacial score (nSPS) is 11.5. The van der Waals surface area contributed by atoms with E-state index in [2.05, 4.69) is 311 Å². The molecular formula is C72H49N3. The molecule has 3 heteroatoms. The number of nitrogens with zero attached hydrogens (tertiary/aromatic N) is 3. The Morgan fingerprint density at radius 2 is 0.507 bits per heavy atom. The fourth-order valence-corrected chi connectivity index (χ4v) is 11.4. The first kappa shape index (κ1) is 43.8. The van der Waals surface area contributed by atoms with E-state index >= 15 is 0 Å². The second-order valence-corrected chi connectivity index (χ2v) is 19.3. The standard InChI is InChI=1S/C72H49N3/c1-5-19-50(20-6-1)54-37-44-70-66(47-54)63-29-15-13-27-61(63)62-28-14-16-30-64(62)67-48-55(51-21-7-2-8-22-51)38-45-71(67)75(70)59-41-35-53(36-42-59)52-33-39-58(40-34-52)73(56-23-9-3-10-24-56)60-43-46-72-68(49-60)65-31-17-18-32-69(65)74(72)57-25-11-4-12-26-57/h1-49H. The zero-order valence-corrected chi connectivity index (χ0v) is 41.1. The SMILES string of the molecule is c1ccc(-c2ccc3c(c2)c2ccccc2c2ccccc2c2cc(-c4ccccc4)ccc2n3-c2ccc(-c3ccc(N(c4ccccc4)c4ccc5c(c4)c4ccccc4n5-c4ccccc4)cc3)cc2)cc1. The number of hydrogen-bond donors (Lipinski definition) is 0. The molecule has 0 amide bonds. The fraction of sp³-hybridized carbons (Fsp3) is 0. The lowest BCUT2D eigenvalue weighted by Crippen LogP contribution is -2.09. The molecule has 0 spiro atoms. The van der Waals surface area contributed by atoms with Crippen molar-refractivity contribution in [2.45, 2.75) is 0 Å². The zero-order valence-electron chi connectivity index (χ0n) is 41.1. The van der Waals surface area contributed by atoms with Gasteiger partial charge in [0.25, 0.3) is 0 Å². The average molecular weight is 956 g/mol. The van der Waals surface area contributed by atoms with Gasteiger partial charge in [-0.05, 0) is 152 Å². The number of anilines is 3. The van der Waals surface area contributed by atoms with Crippen LogP contribution in [-0.4, -0.2) is 9.13 Å². The molecule has 0 fully saturated rings. The predicted octanol–water partition coefficient (Wildman–Crippen LogP) is 19.8. The van der Waals surface area contributed by atoms with Gasteiger partial charge in [-0.1, -0.05) is 200 Å². The second-order valence-electron chi connectivity index (χ2n) is 19.3. The Labute approximate surface area is 436 Å². The van der Waals surface area contributed by atoms with E-state index in [4.69, 9.17) is 0 Å². The summed E-state index contributed by atoms with van der Waals surface area (Å²) in [4.78, 5) is 2.36. The van der Waals surface area contributed by atoms with Crippen LogP contribution in [-0.2, 0) is 0 Å². The highest BCUT2D eigenvalue weighted by Crippen LogP contribution is 2.42. The van der Waals surface area contributed by atoms with E-state index in [0.717, 1.165) is 50.6 Å². The van der Waals surface area contributed by atoms with Crippen molar-refractivity contribution in [3.8, 4) is 44.8 Å². The quantitative estimate of drug-likeness (QED) is 0.148. The van der Waals surface area contributed by atoms with Crippen molar-refractivity contribution in [3.05, 3.63) is 297 Å². The second kappa shape index (κ2) is 18.6. The average Bonchev–Trinajstić information content (AvgIpc) is 3.87. The van der Waals surface area contributed by atoms with Gasteiger partial charge in [0.05, 0.1) is 22.1 Å². The molecule has 0 radical (unpaired) electrons. The molecule has 12 aromatic carbocycles. The van der Waals surface area contributed by atoms with Gasteiger partial charge in [0.2, 0.25) is 0 Å². The molecule has 0 saturated carbocycles. The van der Waals surface area contributed by atoms with Gasteiger partial charge in [0.15, 0.2) is 0 Å². The summed E-state index contributed by atoms with van der Waals surface area (Å²) in [5.41, 5.74) is 17.1. The summed E-state index contributed by atoms with van der Waals surface area (Å²) in [6, 6.07) is 108. The maximum Gasteiger partial charge on any atom is 0.0542 e. The van der Waals surface area contributed by atoms with Crippen LogP contribution in [0, 0.1) is 0 Å². The molecule has 14 rings (SSSR count). The highest BCUT2D eigenvalue weighted by atomic mass is 15.1. The van der Waals surface area contributed by atoms with Crippen molar-refractivity contribution < 1.29 is 0 Å².